The third kappa shape index (κ3) is 3.97. The molecule has 0 saturated carbocycles. The number of nitrogens with zero attached hydrogens (tertiary/aromatic N) is 1. The minimum atomic E-state index is -2.69. The molecule has 0 N–H and O–H groups in total. The van der Waals surface area contributed by atoms with Crippen LogP contribution in [0.15, 0.2) is 0 Å². The fraction of sp³-hybridized carbons (Fsp3) is 1.00. The summed E-state index contributed by atoms with van der Waals surface area (Å²) in [6.07, 6.45) is -0.206. The Morgan fingerprint density at radius 3 is 3.00 bits per heavy atom. The molecular weight excluding hydrogens is 180 g/mol. The van der Waals surface area contributed by atoms with Crippen LogP contribution in [0.3, 0.4) is 0 Å². The van der Waals surface area contributed by atoms with Gasteiger partial charge in [-0.1, -0.05) is 6.92 Å². The first-order chi connectivity index (χ1) is 6.22. The van der Waals surface area contributed by atoms with E-state index in [1.807, 2.05) is 6.92 Å². The van der Waals surface area contributed by atoms with E-state index in [9.17, 15) is 8.78 Å². The lowest BCUT2D eigenvalue weighted by Gasteiger charge is -2.31. The van der Waals surface area contributed by atoms with E-state index in [-0.39, 0.29) is 12.7 Å². The van der Waals surface area contributed by atoms with E-state index < -0.39 is 6.61 Å². The van der Waals surface area contributed by atoms with Gasteiger partial charge in [0.1, 0.15) is 0 Å². The maximum absolute atomic E-state index is 11.7. The summed E-state index contributed by atoms with van der Waals surface area (Å²) in [5, 5.41) is 0. The van der Waals surface area contributed by atoms with Gasteiger partial charge in [0.05, 0.1) is 19.3 Å². The van der Waals surface area contributed by atoms with Gasteiger partial charge in [0.15, 0.2) is 0 Å². The Morgan fingerprint density at radius 2 is 2.38 bits per heavy atom. The summed E-state index contributed by atoms with van der Waals surface area (Å²) in [4.78, 5) is 2.16. The first kappa shape index (κ1) is 10.8. The quantitative estimate of drug-likeness (QED) is 0.666. The molecule has 0 amide bonds. The number of hydrogen-bond acceptors (Lipinski definition) is 3. The third-order valence-electron chi connectivity index (χ3n) is 2.08. The third-order valence-corrected chi connectivity index (χ3v) is 2.08. The van der Waals surface area contributed by atoms with Crippen molar-refractivity contribution < 1.29 is 18.3 Å². The van der Waals surface area contributed by atoms with Crippen LogP contribution in [0, 0.1) is 0 Å². The molecule has 1 aliphatic heterocycles. The summed E-state index contributed by atoms with van der Waals surface area (Å²) in [6.45, 7) is 2.41. The van der Waals surface area contributed by atoms with E-state index in [4.69, 9.17) is 4.74 Å². The smallest absolute Gasteiger partial charge is 0.345 e. The average molecular weight is 195 g/mol. The van der Waals surface area contributed by atoms with Crippen molar-refractivity contribution in [3.63, 3.8) is 0 Å². The predicted octanol–water partition coefficient (Wildman–Crippen LogP) is 0.946. The number of rotatable bonds is 4. The van der Waals surface area contributed by atoms with E-state index in [1.54, 1.807) is 0 Å². The number of morpholine rings is 1. The number of ether oxygens (including phenoxy) is 2. The second-order valence-corrected chi connectivity index (χ2v) is 2.98. The van der Waals surface area contributed by atoms with Gasteiger partial charge in [0.2, 0.25) is 0 Å². The highest BCUT2D eigenvalue weighted by atomic mass is 19.3. The molecule has 0 bridgehead atoms. The Hall–Kier alpha value is -0.260. The summed E-state index contributed by atoms with van der Waals surface area (Å²) in [5.41, 5.74) is 0. The van der Waals surface area contributed by atoms with E-state index in [0.717, 1.165) is 13.1 Å². The minimum Gasteiger partial charge on any atom is -0.373 e. The van der Waals surface area contributed by atoms with E-state index in [2.05, 4.69) is 9.64 Å². The van der Waals surface area contributed by atoms with Crippen LogP contribution in [0.25, 0.3) is 0 Å². The zero-order chi connectivity index (χ0) is 9.68. The molecule has 0 spiro atoms. The molecule has 3 nitrogen and oxygen atoms in total. The van der Waals surface area contributed by atoms with E-state index in [1.165, 1.54) is 0 Å². The van der Waals surface area contributed by atoms with E-state index >= 15 is 0 Å². The molecule has 0 aromatic heterocycles. The van der Waals surface area contributed by atoms with Gasteiger partial charge in [-0.3, -0.25) is 4.90 Å². The van der Waals surface area contributed by atoms with Gasteiger partial charge >= 0.3 is 6.61 Å². The van der Waals surface area contributed by atoms with Crippen molar-refractivity contribution in [1.29, 1.82) is 0 Å². The van der Waals surface area contributed by atoms with Crippen molar-refractivity contribution in [3.8, 4) is 0 Å². The van der Waals surface area contributed by atoms with Crippen LogP contribution in [0.2, 0.25) is 0 Å². The molecule has 1 rings (SSSR count). The summed E-state index contributed by atoms with van der Waals surface area (Å²) in [5.74, 6) is 0. The van der Waals surface area contributed by atoms with Crippen LogP contribution in [0.5, 0.6) is 0 Å². The lowest BCUT2D eigenvalue weighted by Crippen LogP contribution is -2.44. The fourth-order valence-corrected chi connectivity index (χ4v) is 1.35. The first-order valence-electron chi connectivity index (χ1n) is 4.46. The van der Waals surface area contributed by atoms with Gasteiger partial charge in [0.25, 0.3) is 0 Å². The van der Waals surface area contributed by atoms with Crippen LogP contribution in [0.4, 0.5) is 8.78 Å². The molecule has 0 radical (unpaired) electrons. The molecule has 1 heterocycles. The number of halogens is 2. The van der Waals surface area contributed by atoms with Crippen molar-refractivity contribution in [1.82, 2.24) is 4.90 Å². The lowest BCUT2D eigenvalue weighted by atomic mass is 10.3. The normalized spacial score (nSPS) is 25.4. The SMILES string of the molecule is CCN1CCOC(COC(F)F)C1. The highest BCUT2D eigenvalue weighted by molar-refractivity contribution is 4.69. The lowest BCUT2D eigenvalue weighted by molar-refractivity contribution is -0.164. The molecule has 13 heavy (non-hydrogen) atoms. The first-order valence-corrected chi connectivity index (χ1v) is 4.46. The van der Waals surface area contributed by atoms with Crippen molar-refractivity contribution in [2.45, 2.75) is 19.6 Å². The Bertz CT molecular complexity index is 146. The minimum absolute atomic E-state index is 0.0197. The molecule has 78 valence electrons. The van der Waals surface area contributed by atoms with Gasteiger partial charge in [-0.25, -0.2) is 0 Å². The van der Waals surface area contributed by atoms with Crippen LogP contribution < -0.4 is 0 Å². The highest BCUT2D eigenvalue weighted by Crippen LogP contribution is 2.06. The van der Waals surface area contributed by atoms with Gasteiger partial charge in [-0.15, -0.1) is 0 Å². The molecule has 5 heteroatoms. The van der Waals surface area contributed by atoms with Crippen LogP contribution >= 0.6 is 0 Å². The van der Waals surface area contributed by atoms with Crippen molar-refractivity contribution in [2.24, 2.45) is 0 Å². The van der Waals surface area contributed by atoms with Crippen LogP contribution in [-0.4, -0.2) is 50.5 Å². The highest BCUT2D eigenvalue weighted by Gasteiger charge is 2.20. The molecule has 0 aromatic rings. The largest absolute Gasteiger partial charge is 0.373 e. The Balaban J connectivity index is 2.18. The Labute approximate surface area is 76.6 Å². The Morgan fingerprint density at radius 1 is 1.62 bits per heavy atom. The van der Waals surface area contributed by atoms with Crippen molar-refractivity contribution in [2.75, 3.05) is 32.8 Å². The zero-order valence-corrected chi connectivity index (χ0v) is 7.71. The van der Waals surface area contributed by atoms with Gasteiger partial charge in [-0.2, -0.15) is 8.78 Å². The standard InChI is InChI=1S/C8H15F2NO2/c1-2-11-3-4-12-7(5-11)6-13-8(9)10/h7-8H,2-6H2,1H3. The summed E-state index contributed by atoms with van der Waals surface area (Å²) in [7, 11) is 0. The van der Waals surface area contributed by atoms with Crippen LogP contribution in [0.1, 0.15) is 6.92 Å². The average Bonchev–Trinajstić information content (AvgIpc) is 2.15. The molecule has 1 fully saturated rings. The summed E-state index contributed by atoms with van der Waals surface area (Å²) in [6, 6.07) is 0. The number of alkyl halides is 2. The van der Waals surface area contributed by atoms with Gasteiger partial charge in [-0.05, 0) is 6.54 Å². The van der Waals surface area contributed by atoms with Crippen LogP contribution in [-0.2, 0) is 9.47 Å². The fourth-order valence-electron chi connectivity index (χ4n) is 1.35. The van der Waals surface area contributed by atoms with E-state index in [0.29, 0.717) is 13.2 Å². The zero-order valence-electron chi connectivity index (χ0n) is 7.71. The van der Waals surface area contributed by atoms with Crippen molar-refractivity contribution in [3.05, 3.63) is 0 Å². The molecule has 1 aliphatic rings. The maximum Gasteiger partial charge on any atom is 0.345 e. The molecule has 1 saturated heterocycles. The van der Waals surface area contributed by atoms with Gasteiger partial charge < -0.3 is 9.47 Å². The number of likely N-dealkylation sites (N-methyl/N-ethyl adjacent to an activating group) is 1. The summed E-state index contributed by atoms with van der Waals surface area (Å²) >= 11 is 0. The Kier molecular flexibility index (Phi) is 4.55. The molecule has 1 atom stereocenters. The maximum atomic E-state index is 11.7. The monoisotopic (exact) mass is 195 g/mol. The molecular formula is C8H15F2NO2. The van der Waals surface area contributed by atoms with Crippen molar-refractivity contribution >= 4 is 0 Å². The van der Waals surface area contributed by atoms with Gasteiger partial charge in [0, 0.05) is 13.1 Å². The summed E-state index contributed by atoms with van der Waals surface area (Å²) < 4.78 is 32.8. The predicted molar refractivity (Wildman–Crippen MR) is 43.8 cm³/mol. The number of hydrogen-bond donors (Lipinski definition) is 0. The molecule has 0 aliphatic carbocycles. The second kappa shape index (κ2) is 5.47. The topological polar surface area (TPSA) is 21.7 Å². The molecule has 1 unspecified atom stereocenters. The second-order valence-electron chi connectivity index (χ2n) is 2.98. The molecule has 0 aromatic carbocycles.